The lowest BCUT2D eigenvalue weighted by Gasteiger charge is -2.41. The maximum atomic E-state index is 13.1. The van der Waals surface area contributed by atoms with Gasteiger partial charge in [0.2, 0.25) is 0 Å². The van der Waals surface area contributed by atoms with E-state index < -0.39 is 17.4 Å². The molecule has 31 heavy (non-hydrogen) atoms. The Morgan fingerprint density at radius 3 is 2.19 bits per heavy atom. The highest BCUT2D eigenvalue weighted by molar-refractivity contribution is 5.97. The number of ketones is 1. The monoisotopic (exact) mass is 403 g/mol. The number of nitrogens with zero attached hydrogens (tertiary/aromatic N) is 2. The molecular weight excluding hydrogens is 382 g/mol. The second-order valence-corrected chi connectivity index (χ2v) is 7.62. The van der Waals surface area contributed by atoms with Crippen LogP contribution in [0.15, 0.2) is 91.0 Å². The molecule has 0 aliphatic carbocycles. The Kier molecular flexibility index (Phi) is 5.65. The van der Waals surface area contributed by atoms with Crippen LogP contribution in [0.25, 0.3) is 6.08 Å². The minimum atomic E-state index is -1.43. The zero-order valence-electron chi connectivity index (χ0n) is 16.9. The average molecular weight is 403 g/mol. The highest BCUT2D eigenvalue weighted by atomic mass is 16.1. The number of para-hydroxylation sites is 1. The standard InChI is InChI=1S/C27H21N3O/c28-18-27(19-29)23(17-25(31)21-11-5-2-6-12-21)22-13-7-8-14-24(22)30-26(27)16-15-20-9-3-1-4-10-20/h1-16,23,26,30H,17H2/b16-15-/t23-,26+/m1/s1. The number of nitrogens with one attached hydrogen (secondary N) is 1. The number of carbonyl (C=O) groups excluding carboxylic acids is 1. The van der Waals surface area contributed by atoms with Crippen molar-refractivity contribution in [3.05, 3.63) is 108 Å². The maximum Gasteiger partial charge on any atom is 0.174 e. The second kappa shape index (κ2) is 8.69. The average Bonchev–Trinajstić information content (AvgIpc) is 2.84. The molecule has 3 aromatic carbocycles. The Labute approximate surface area is 182 Å². The van der Waals surface area contributed by atoms with Gasteiger partial charge in [-0.1, -0.05) is 91.0 Å². The van der Waals surface area contributed by atoms with E-state index in [1.807, 2.05) is 84.9 Å². The molecule has 0 spiro atoms. The van der Waals surface area contributed by atoms with Crippen LogP contribution in [0.4, 0.5) is 5.69 Å². The lowest BCUT2D eigenvalue weighted by molar-refractivity contribution is 0.0959. The Morgan fingerprint density at radius 1 is 0.903 bits per heavy atom. The predicted molar refractivity (Wildman–Crippen MR) is 121 cm³/mol. The molecule has 0 unspecified atom stereocenters. The number of hydrogen-bond donors (Lipinski definition) is 1. The van der Waals surface area contributed by atoms with Crippen molar-refractivity contribution in [1.29, 1.82) is 10.5 Å². The predicted octanol–water partition coefficient (Wildman–Crippen LogP) is 5.58. The first-order valence-corrected chi connectivity index (χ1v) is 10.2. The van der Waals surface area contributed by atoms with E-state index in [4.69, 9.17) is 0 Å². The molecule has 4 heteroatoms. The van der Waals surface area contributed by atoms with Crippen LogP contribution in [0.1, 0.15) is 33.8 Å². The van der Waals surface area contributed by atoms with Gasteiger partial charge in [0, 0.05) is 23.6 Å². The van der Waals surface area contributed by atoms with Crippen molar-refractivity contribution in [1.82, 2.24) is 0 Å². The van der Waals surface area contributed by atoms with Gasteiger partial charge >= 0.3 is 0 Å². The summed E-state index contributed by atoms with van der Waals surface area (Å²) in [7, 11) is 0. The summed E-state index contributed by atoms with van der Waals surface area (Å²) in [5, 5.41) is 23.8. The van der Waals surface area contributed by atoms with Crippen molar-refractivity contribution >= 4 is 17.5 Å². The number of nitriles is 2. The fourth-order valence-corrected chi connectivity index (χ4v) is 4.17. The number of Topliss-reactive ketones (excluding diaryl/α,β-unsaturated/α-hetero) is 1. The lowest BCUT2D eigenvalue weighted by Crippen LogP contribution is -2.46. The summed E-state index contributed by atoms with van der Waals surface area (Å²) in [5.74, 6) is -0.638. The Balaban J connectivity index is 1.77. The van der Waals surface area contributed by atoms with E-state index in [9.17, 15) is 15.3 Å². The third-order valence-corrected chi connectivity index (χ3v) is 5.82. The van der Waals surface area contributed by atoms with Crippen molar-refractivity contribution in [2.24, 2.45) is 5.41 Å². The highest BCUT2D eigenvalue weighted by Gasteiger charge is 2.51. The first-order chi connectivity index (χ1) is 15.2. The Bertz CT molecular complexity index is 1170. The number of rotatable bonds is 5. The lowest BCUT2D eigenvalue weighted by atomic mass is 9.64. The maximum absolute atomic E-state index is 13.1. The van der Waals surface area contributed by atoms with Gasteiger partial charge in [-0.15, -0.1) is 0 Å². The number of benzene rings is 3. The smallest absolute Gasteiger partial charge is 0.174 e. The molecule has 1 heterocycles. The largest absolute Gasteiger partial charge is 0.376 e. The van der Waals surface area contributed by atoms with Crippen LogP contribution in [0.3, 0.4) is 0 Å². The quantitative estimate of drug-likeness (QED) is 0.564. The van der Waals surface area contributed by atoms with E-state index >= 15 is 0 Å². The Morgan fingerprint density at radius 2 is 1.52 bits per heavy atom. The minimum absolute atomic E-state index is 0.0806. The van der Waals surface area contributed by atoms with Crippen molar-refractivity contribution in [2.45, 2.75) is 18.4 Å². The summed E-state index contributed by atoms with van der Waals surface area (Å²) in [6.45, 7) is 0. The number of anilines is 1. The molecular formula is C27H21N3O. The molecule has 0 radical (unpaired) electrons. The van der Waals surface area contributed by atoms with Gasteiger partial charge in [-0.05, 0) is 17.2 Å². The van der Waals surface area contributed by atoms with Crippen molar-refractivity contribution in [3.8, 4) is 12.1 Å². The SMILES string of the molecule is N#CC1(C#N)[C@H](/C=C\c2ccccc2)Nc2ccccc2[C@H]1CC(=O)c1ccccc1. The molecule has 150 valence electrons. The summed E-state index contributed by atoms with van der Waals surface area (Å²) in [6.07, 6.45) is 3.85. The fraction of sp³-hybridized carbons (Fsp3) is 0.148. The topological polar surface area (TPSA) is 76.7 Å². The molecule has 2 atom stereocenters. The molecule has 0 fully saturated rings. The number of carbonyl (C=O) groups is 1. The molecule has 0 bridgehead atoms. The van der Waals surface area contributed by atoms with Crippen molar-refractivity contribution in [2.75, 3.05) is 5.32 Å². The van der Waals surface area contributed by atoms with Crippen LogP contribution in [-0.2, 0) is 0 Å². The van der Waals surface area contributed by atoms with E-state index in [1.54, 1.807) is 12.1 Å². The van der Waals surface area contributed by atoms with Crippen LogP contribution in [0.2, 0.25) is 0 Å². The van der Waals surface area contributed by atoms with Crippen molar-refractivity contribution in [3.63, 3.8) is 0 Å². The number of hydrogen-bond acceptors (Lipinski definition) is 4. The van der Waals surface area contributed by atoms with E-state index in [-0.39, 0.29) is 12.2 Å². The van der Waals surface area contributed by atoms with Gasteiger partial charge < -0.3 is 5.32 Å². The first-order valence-electron chi connectivity index (χ1n) is 10.2. The molecule has 1 aliphatic rings. The zero-order valence-corrected chi connectivity index (χ0v) is 16.9. The van der Waals surface area contributed by atoms with E-state index in [0.717, 1.165) is 16.8 Å². The van der Waals surface area contributed by atoms with Gasteiger partial charge in [-0.2, -0.15) is 10.5 Å². The normalized spacial score (nSPS) is 18.9. The summed E-state index contributed by atoms with van der Waals surface area (Å²) in [5.41, 5.74) is 1.80. The molecule has 3 aromatic rings. The van der Waals surface area contributed by atoms with Crippen LogP contribution >= 0.6 is 0 Å². The fourth-order valence-electron chi connectivity index (χ4n) is 4.17. The van der Waals surface area contributed by atoms with Crippen LogP contribution in [-0.4, -0.2) is 11.8 Å². The van der Waals surface area contributed by atoms with E-state index in [1.165, 1.54) is 0 Å². The van der Waals surface area contributed by atoms with Gasteiger partial charge in [0.1, 0.15) is 0 Å². The summed E-state index contributed by atoms with van der Waals surface area (Å²) >= 11 is 0. The molecule has 4 nitrogen and oxygen atoms in total. The van der Waals surface area contributed by atoms with E-state index in [2.05, 4.69) is 17.5 Å². The van der Waals surface area contributed by atoms with Gasteiger partial charge in [-0.25, -0.2) is 0 Å². The second-order valence-electron chi connectivity index (χ2n) is 7.62. The Hall–Kier alpha value is -4.15. The van der Waals surface area contributed by atoms with Crippen LogP contribution in [0, 0.1) is 28.1 Å². The van der Waals surface area contributed by atoms with Gasteiger partial charge in [-0.3, -0.25) is 4.79 Å². The highest BCUT2D eigenvalue weighted by Crippen LogP contribution is 2.49. The van der Waals surface area contributed by atoms with Gasteiger partial charge in [0.25, 0.3) is 0 Å². The molecule has 0 amide bonds. The van der Waals surface area contributed by atoms with Crippen LogP contribution in [0.5, 0.6) is 0 Å². The molecule has 1 N–H and O–H groups in total. The molecule has 0 saturated carbocycles. The van der Waals surface area contributed by atoms with Gasteiger partial charge in [0.05, 0.1) is 18.2 Å². The van der Waals surface area contributed by atoms with Crippen LogP contribution < -0.4 is 5.32 Å². The zero-order chi connectivity index (χ0) is 21.7. The summed E-state index contributed by atoms with van der Waals surface area (Å²) < 4.78 is 0. The molecule has 0 aromatic heterocycles. The molecule has 0 saturated heterocycles. The van der Waals surface area contributed by atoms with Gasteiger partial charge in [0.15, 0.2) is 11.2 Å². The summed E-state index contributed by atoms with van der Waals surface area (Å²) in [4.78, 5) is 13.1. The van der Waals surface area contributed by atoms with E-state index in [0.29, 0.717) is 5.56 Å². The third kappa shape index (κ3) is 3.84. The van der Waals surface area contributed by atoms with Crippen molar-refractivity contribution < 1.29 is 4.79 Å². The summed E-state index contributed by atoms with van der Waals surface area (Å²) in [6, 6.07) is 30.3. The third-order valence-electron chi connectivity index (χ3n) is 5.82. The first kappa shape index (κ1) is 20.1. The molecule has 1 aliphatic heterocycles. The minimum Gasteiger partial charge on any atom is -0.376 e. The molecule has 4 rings (SSSR count). The number of fused-ring (bicyclic) bond motifs is 1.